The molecule has 3 N–H and O–H groups in total. The molecule has 3 rings (SSSR count). The predicted octanol–water partition coefficient (Wildman–Crippen LogP) is 2.94. The standard InChI is InChI=1S/C25H36N6O3/c1-16(2)15-31(19-9-18(23(33)34)12-27-13-19)22(32)20-14-29-24(25(3,4)5)30-21(20)28-11-17-7-6-8-26-10-17/h6-8,10,14,16,18-19,27H,9,11-13,15H2,1-5H3,(H,33,34)(H,28,29,30)/t18-,19+/m0/s1. The number of piperidine rings is 1. The van der Waals surface area contributed by atoms with Crippen molar-refractivity contribution in [2.75, 3.05) is 25.0 Å². The summed E-state index contributed by atoms with van der Waals surface area (Å²) in [4.78, 5) is 40.7. The lowest BCUT2D eigenvalue weighted by molar-refractivity contribution is -0.142. The molecule has 0 saturated carbocycles. The van der Waals surface area contributed by atoms with Gasteiger partial charge < -0.3 is 20.6 Å². The van der Waals surface area contributed by atoms with E-state index in [1.807, 2.05) is 46.8 Å². The second-order valence-corrected chi connectivity index (χ2v) is 10.4. The Balaban J connectivity index is 1.94. The van der Waals surface area contributed by atoms with Gasteiger partial charge in [-0.2, -0.15) is 0 Å². The van der Waals surface area contributed by atoms with E-state index < -0.39 is 11.9 Å². The van der Waals surface area contributed by atoms with E-state index in [-0.39, 0.29) is 23.3 Å². The van der Waals surface area contributed by atoms with Crippen molar-refractivity contribution in [1.82, 2.24) is 25.2 Å². The third-order valence-corrected chi connectivity index (χ3v) is 5.81. The zero-order valence-corrected chi connectivity index (χ0v) is 20.7. The highest BCUT2D eigenvalue weighted by Crippen LogP contribution is 2.25. The van der Waals surface area contributed by atoms with Gasteiger partial charge in [-0.1, -0.05) is 40.7 Å². The van der Waals surface area contributed by atoms with Crippen molar-refractivity contribution >= 4 is 17.7 Å². The largest absolute Gasteiger partial charge is 0.481 e. The van der Waals surface area contributed by atoms with Crippen LogP contribution in [-0.2, 0) is 16.8 Å². The first-order chi connectivity index (χ1) is 16.1. The molecule has 0 radical (unpaired) electrons. The Morgan fingerprint density at radius 3 is 2.65 bits per heavy atom. The number of amides is 1. The normalized spacial score (nSPS) is 18.5. The van der Waals surface area contributed by atoms with Gasteiger partial charge in [0.05, 0.1) is 5.92 Å². The fourth-order valence-electron chi connectivity index (χ4n) is 4.01. The summed E-state index contributed by atoms with van der Waals surface area (Å²) < 4.78 is 0. The SMILES string of the molecule is CC(C)CN(C(=O)c1cnc(C(C)(C)C)nc1NCc1cccnc1)[C@H]1CNC[C@@H](C(=O)O)C1. The van der Waals surface area contributed by atoms with Gasteiger partial charge in [0.1, 0.15) is 17.2 Å². The van der Waals surface area contributed by atoms with Crippen LogP contribution in [-0.4, -0.2) is 62.5 Å². The second kappa shape index (κ2) is 10.9. The van der Waals surface area contributed by atoms with Crippen molar-refractivity contribution in [1.29, 1.82) is 0 Å². The van der Waals surface area contributed by atoms with E-state index in [9.17, 15) is 14.7 Å². The molecule has 1 saturated heterocycles. The van der Waals surface area contributed by atoms with Gasteiger partial charge in [0.2, 0.25) is 0 Å². The van der Waals surface area contributed by atoms with Gasteiger partial charge >= 0.3 is 5.97 Å². The molecule has 1 aliphatic rings. The molecule has 0 spiro atoms. The molecule has 2 aromatic heterocycles. The predicted molar refractivity (Wildman–Crippen MR) is 131 cm³/mol. The van der Waals surface area contributed by atoms with Crippen LogP contribution in [0.15, 0.2) is 30.7 Å². The van der Waals surface area contributed by atoms with Crippen molar-refractivity contribution in [3.63, 3.8) is 0 Å². The van der Waals surface area contributed by atoms with Crippen molar-refractivity contribution in [3.8, 4) is 0 Å². The Morgan fingerprint density at radius 1 is 1.26 bits per heavy atom. The number of carboxylic acids is 1. The van der Waals surface area contributed by atoms with Gasteiger partial charge in [-0.25, -0.2) is 9.97 Å². The van der Waals surface area contributed by atoms with Crippen molar-refractivity contribution < 1.29 is 14.7 Å². The second-order valence-electron chi connectivity index (χ2n) is 10.4. The summed E-state index contributed by atoms with van der Waals surface area (Å²) in [5, 5.41) is 16.0. The number of hydrogen-bond acceptors (Lipinski definition) is 7. The first-order valence-corrected chi connectivity index (χ1v) is 11.8. The van der Waals surface area contributed by atoms with Crippen LogP contribution in [0.3, 0.4) is 0 Å². The number of hydrogen-bond donors (Lipinski definition) is 3. The Bertz CT molecular complexity index is 990. The minimum atomic E-state index is -0.842. The van der Waals surface area contributed by atoms with Crippen molar-refractivity contribution in [2.24, 2.45) is 11.8 Å². The summed E-state index contributed by atoms with van der Waals surface area (Å²) in [5.41, 5.74) is 1.07. The van der Waals surface area contributed by atoms with E-state index >= 15 is 0 Å². The molecule has 1 aliphatic heterocycles. The highest BCUT2D eigenvalue weighted by Gasteiger charge is 2.34. The molecule has 0 bridgehead atoms. The average molecular weight is 469 g/mol. The molecular weight excluding hydrogens is 432 g/mol. The zero-order valence-electron chi connectivity index (χ0n) is 20.7. The Labute approximate surface area is 201 Å². The number of aliphatic carboxylic acids is 1. The van der Waals surface area contributed by atoms with Gasteiger partial charge in [-0.15, -0.1) is 0 Å². The molecule has 184 valence electrons. The fraction of sp³-hybridized carbons (Fsp3) is 0.560. The lowest BCUT2D eigenvalue weighted by atomic mass is 9.93. The maximum atomic E-state index is 13.9. The lowest BCUT2D eigenvalue weighted by Gasteiger charge is -2.38. The summed E-state index contributed by atoms with van der Waals surface area (Å²) in [5.74, 6) is -0.231. The maximum absolute atomic E-state index is 13.9. The van der Waals surface area contributed by atoms with E-state index in [0.29, 0.717) is 49.8 Å². The number of carbonyl (C=O) groups excluding carboxylic acids is 1. The molecule has 2 aromatic rings. The molecule has 0 aromatic carbocycles. The van der Waals surface area contributed by atoms with Crippen LogP contribution in [0.2, 0.25) is 0 Å². The van der Waals surface area contributed by atoms with Gasteiger partial charge in [-0.05, 0) is 24.0 Å². The number of nitrogens with one attached hydrogen (secondary N) is 2. The Hall–Kier alpha value is -3.07. The van der Waals surface area contributed by atoms with Crippen LogP contribution in [0.25, 0.3) is 0 Å². The van der Waals surface area contributed by atoms with Gasteiger partial charge in [0.25, 0.3) is 5.91 Å². The van der Waals surface area contributed by atoms with E-state index in [1.165, 1.54) is 0 Å². The third kappa shape index (κ3) is 6.50. The molecule has 0 aliphatic carbocycles. The summed E-state index contributed by atoms with van der Waals surface area (Å²) in [6, 6.07) is 3.60. The summed E-state index contributed by atoms with van der Waals surface area (Å²) in [7, 11) is 0. The van der Waals surface area contributed by atoms with Crippen LogP contribution in [0.1, 0.15) is 62.8 Å². The molecule has 2 atom stereocenters. The van der Waals surface area contributed by atoms with E-state index in [1.54, 1.807) is 23.5 Å². The van der Waals surface area contributed by atoms with E-state index in [0.717, 1.165) is 5.56 Å². The maximum Gasteiger partial charge on any atom is 0.307 e. The zero-order chi connectivity index (χ0) is 24.9. The van der Waals surface area contributed by atoms with Gasteiger partial charge in [-0.3, -0.25) is 14.6 Å². The number of carboxylic acid groups (broad SMARTS) is 1. The molecule has 1 fully saturated rings. The highest BCUT2D eigenvalue weighted by atomic mass is 16.4. The van der Waals surface area contributed by atoms with Crippen LogP contribution >= 0.6 is 0 Å². The third-order valence-electron chi connectivity index (χ3n) is 5.81. The number of anilines is 1. The molecule has 9 nitrogen and oxygen atoms in total. The summed E-state index contributed by atoms with van der Waals surface area (Å²) in [6.07, 6.45) is 5.50. The number of pyridine rings is 1. The number of rotatable bonds is 8. The topological polar surface area (TPSA) is 120 Å². The minimum Gasteiger partial charge on any atom is -0.481 e. The Kier molecular flexibility index (Phi) is 8.19. The quantitative estimate of drug-likeness (QED) is 0.541. The van der Waals surface area contributed by atoms with Crippen molar-refractivity contribution in [3.05, 3.63) is 47.7 Å². The molecule has 3 heterocycles. The first-order valence-electron chi connectivity index (χ1n) is 11.8. The smallest absolute Gasteiger partial charge is 0.307 e. The fourth-order valence-corrected chi connectivity index (χ4v) is 4.01. The molecular formula is C25H36N6O3. The van der Waals surface area contributed by atoms with Gasteiger partial charge in [0.15, 0.2) is 0 Å². The number of aromatic nitrogens is 3. The van der Waals surface area contributed by atoms with Crippen LogP contribution in [0, 0.1) is 11.8 Å². The summed E-state index contributed by atoms with van der Waals surface area (Å²) in [6.45, 7) is 12.1. The highest BCUT2D eigenvalue weighted by molar-refractivity contribution is 5.98. The average Bonchev–Trinajstić information content (AvgIpc) is 2.80. The van der Waals surface area contributed by atoms with Crippen LogP contribution in [0.4, 0.5) is 5.82 Å². The van der Waals surface area contributed by atoms with Crippen molar-refractivity contribution in [2.45, 2.75) is 59.0 Å². The Morgan fingerprint density at radius 2 is 2.03 bits per heavy atom. The molecule has 9 heteroatoms. The summed E-state index contributed by atoms with van der Waals surface area (Å²) >= 11 is 0. The minimum absolute atomic E-state index is 0.194. The molecule has 34 heavy (non-hydrogen) atoms. The molecule has 1 amide bonds. The lowest BCUT2D eigenvalue weighted by Crippen LogP contribution is -2.53. The van der Waals surface area contributed by atoms with Gasteiger partial charge in [0, 0.05) is 56.2 Å². The van der Waals surface area contributed by atoms with Crippen LogP contribution in [0.5, 0.6) is 0 Å². The van der Waals surface area contributed by atoms with E-state index in [2.05, 4.69) is 20.6 Å². The number of nitrogens with zero attached hydrogens (tertiary/aromatic N) is 4. The molecule has 0 unspecified atom stereocenters. The van der Waals surface area contributed by atoms with E-state index in [4.69, 9.17) is 4.98 Å². The monoisotopic (exact) mass is 468 g/mol. The van der Waals surface area contributed by atoms with Crippen LogP contribution < -0.4 is 10.6 Å². The number of carbonyl (C=O) groups is 2. The first kappa shape index (κ1) is 25.6.